The van der Waals surface area contributed by atoms with Crippen LogP contribution in [0.15, 0.2) is 24.3 Å². The molecule has 1 N–H and O–H groups in total. The Kier molecular flexibility index (Phi) is 3.39. The van der Waals surface area contributed by atoms with Gasteiger partial charge in [0.2, 0.25) is 0 Å². The van der Waals surface area contributed by atoms with Gasteiger partial charge in [-0.05, 0) is 32.0 Å². The van der Waals surface area contributed by atoms with Gasteiger partial charge in [0.25, 0.3) is 0 Å². The molecule has 0 spiro atoms. The van der Waals surface area contributed by atoms with Gasteiger partial charge < -0.3 is 14.4 Å². The van der Waals surface area contributed by atoms with E-state index in [1.54, 1.807) is 12.1 Å². The number of ether oxygens (including phenoxy) is 1. The Morgan fingerprint density at radius 3 is 2.78 bits per heavy atom. The van der Waals surface area contributed by atoms with Crippen molar-refractivity contribution in [1.29, 1.82) is 0 Å². The lowest BCUT2D eigenvalue weighted by Crippen LogP contribution is -2.05. The highest BCUT2D eigenvalue weighted by Gasteiger charge is 2.13. The lowest BCUT2D eigenvalue weighted by molar-refractivity contribution is 0.0623. The molecule has 0 fully saturated rings. The van der Waals surface area contributed by atoms with Crippen LogP contribution < -0.4 is 0 Å². The van der Waals surface area contributed by atoms with E-state index in [4.69, 9.17) is 9.84 Å². The van der Waals surface area contributed by atoms with Crippen molar-refractivity contribution in [2.75, 3.05) is 0 Å². The topological polar surface area (TPSA) is 51.5 Å². The third-order valence-electron chi connectivity index (χ3n) is 2.98. The Hall–Kier alpha value is -1.81. The van der Waals surface area contributed by atoms with E-state index in [1.807, 2.05) is 37.6 Å². The molecule has 0 unspecified atom stereocenters. The van der Waals surface area contributed by atoms with Crippen molar-refractivity contribution in [1.82, 2.24) is 4.57 Å². The number of aromatic carboxylic acids is 1. The highest BCUT2D eigenvalue weighted by atomic mass is 16.5. The molecule has 0 aliphatic carbocycles. The van der Waals surface area contributed by atoms with Crippen molar-refractivity contribution < 1.29 is 14.6 Å². The van der Waals surface area contributed by atoms with E-state index in [0.29, 0.717) is 12.2 Å². The van der Waals surface area contributed by atoms with Crippen LogP contribution in [0.5, 0.6) is 0 Å². The first-order valence-electron chi connectivity index (χ1n) is 5.93. The van der Waals surface area contributed by atoms with Gasteiger partial charge in [0.15, 0.2) is 0 Å². The predicted octanol–water partition coefficient (Wildman–Crippen LogP) is 2.80. The number of nitrogens with zero attached hydrogens (tertiary/aromatic N) is 1. The summed E-state index contributed by atoms with van der Waals surface area (Å²) in [7, 11) is 1.92. The van der Waals surface area contributed by atoms with Gasteiger partial charge in [-0.1, -0.05) is 6.07 Å². The standard InChI is InChI=1S/C14H17NO3/c1-9(2)18-8-10-7-12-11(14(16)17)5-4-6-13(12)15(10)3/h4-7,9H,8H2,1-3H3,(H,16,17). The average Bonchev–Trinajstić information content (AvgIpc) is 2.63. The van der Waals surface area contributed by atoms with Crippen LogP contribution in [-0.4, -0.2) is 21.7 Å². The molecule has 1 aromatic heterocycles. The molecule has 0 saturated carbocycles. The Morgan fingerprint density at radius 1 is 1.44 bits per heavy atom. The second-order valence-electron chi connectivity index (χ2n) is 4.60. The maximum atomic E-state index is 11.2. The van der Waals surface area contributed by atoms with E-state index in [9.17, 15) is 4.79 Å². The Balaban J connectivity index is 2.48. The molecule has 2 rings (SSSR count). The summed E-state index contributed by atoms with van der Waals surface area (Å²) in [4.78, 5) is 11.2. The van der Waals surface area contributed by atoms with Gasteiger partial charge in [-0.25, -0.2) is 4.79 Å². The summed E-state index contributed by atoms with van der Waals surface area (Å²) in [6.45, 7) is 4.44. The molecule has 1 heterocycles. The molecule has 0 amide bonds. The van der Waals surface area contributed by atoms with Crippen LogP contribution in [0.3, 0.4) is 0 Å². The number of rotatable bonds is 4. The molecular formula is C14H17NO3. The van der Waals surface area contributed by atoms with Crippen molar-refractivity contribution in [2.45, 2.75) is 26.6 Å². The van der Waals surface area contributed by atoms with Crippen LogP contribution in [0.1, 0.15) is 29.9 Å². The smallest absolute Gasteiger partial charge is 0.336 e. The Labute approximate surface area is 106 Å². The molecule has 2 aromatic rings. The summed E-state index contributed by atoms with van der Waals surface area (Å²) in [5.74, 6) is -0.900. The molecule has 18 heavy (non-hydrogen) atoms. The van der Waals surface area contributed by atoms with E-state index in [2.05, 4.69) is 0 Å². The lowest BCUT2D eigenvalue weighted by Gasteiger charge is -2.08. The molecule has 0 aliphatic heterocycles. The number of fused-ring (bicyclic) bond motifs is 1. The third kappa shape index (κ3) is 2.24. The monoisotopic (exact) mass is 247 g/mol. The molecule has 96 valence electrons. The van der Waals surface area contributed by atoms with Crippen molar-refractivity contribution in [3.63, 3.8) is 0 Å². The van der Waals surface area contributed by atoms with Crippen molar-refractivity contribution in [3.05, 3.63) is 35.5 Å². The summed E-state index contributed by atoms with van der Waals surface area (Å²) in [6, 6.07) is 7.19. The zero-order valence-electron chi connectivity index (χ0n) is 10.8. The highest BCUT2D eigenvalue weighted by molar-refractivity contribution is 6.03. The minimum Gasteiger partial charge on any atom is -0.478 e. The van der Waals surface area contributed by atoms with Gasteiger partial charge in [-0.2, -0.15) is 0 Å². The fourth-order valence-electron chi connectivity index (χ4n) is 1.99. The largest absolute Gasteiger partial charge is 0.478 e. The van der Waals surface area contributed by atoms with E-state index >= 15 is 0 Å². The number of hydrogen-bond acceptors (Lipinski definition) is 2. The highest BCUT2D eigenvalue weighted by Crippen LogP contribution is 2.23. The molecule has 4 heteroatoms. The average molecular weight is 247 g/mol. The van der Waals surface area contributed by atoms with Crippen molar-refractivity contribution in [2.24, 2.45) is 7.05 Å². The number of carboxylic acid groups (broad SMARTS) is 1. The van der Waals surface area contributed by atoms with Crippen molar-refractivity contribution >= 4 is 16.9 Å². The first kappa shape index (κ1) is 12.6. The zero-order chi connectivity index (χ0) is 13.3. The zero-order valence-corrected chi connectivity index (χ0v) is 10.8. The van der Waals surface area contributed by atoms with E-state index in [-0.39, 0.29) is 6.10 Å². The SMILES string of the molecule is CC(C)OCc1cc2c(C(=O)O)cccc2n1C. The van der Waals surface area contributed by atoms with Crippen LogP contribution in [0, 0.1) is 0 Å². The molecular weight excluding hydrogens is 230 g/mol. The summed E-state index contributed by atoms with van der Waals surface area (Å²) in [5.41, 5.74) is 2.23. The van der Waals surface area contributed by atoms with Crippen LogP contribution in [0.25, 0.3) is 10.9 Å². The Morgan fingerprint density at radius 2 is 2.17 bits per heavy atom. The lowest BCUT2D eigenvalue weighted by atomic mass is 10.1. The van der Waals surface area contributed by atoms with Crippen LogP contribution >= 0.6 is 0 Å². The second-order valence-corrected chi connectivity index (χ2v) is 4.60. The molecule has 1 aromatic carbocycles. The molecule has 4 nitrogen and oxygen atoms in total. The van der Waals surface area contributed by atoms with Gasteiger partial charge in [-0.15, -0.1) is 0 Å². The normalized spacial score (nSPS) is 11.3. The first-order chi connectivity index (χ1) is 8.50. The fourth-order valence-corrected chi connectivity index (χ4v) is 1.99. The number of aryl methyl sites for hydroxylation is 1. The van der Waals surface area contributed by atoms with Gasteiger partial charge in [-0.3, -0.25) is 0 Å². The van der Waals surface area contributed by atoms with E-state index in [0.717, 1.165) is 16.6 Å². The summed E-state index contributed by atoms with van der Waals surface area (Å²) < 4.78 is 7.55. The van der Waals surface area contributed by atoms with E-state index < -0.39 is 5.97 Å². The van der Waals surface area contributed by atoms with Gasteiger partial charge in [0.1, 0.15) is 0 Å². The van der Waals surface area contributed by atoms with E-state index in [1.165, 1.54) is 0 Å². The van der Waals surface area contributed by atoms with Gasteiger partial charge in [0, 0.05) is 23.6 Å². The summed E-state index contributed by atoms with van der Waals surface area (Å²) in [5, 5.41) is 9.92. The fraction of sp³-hybridized carbons (Fsp3) is 0.357. The van der Waals surface area contributed by atoms with Crippen molar-refractivity contribution in [3.8, 4) is 0 Å². The quantitative estimate of drug-likeness (QED) is 0.903. The van der Waals surface area contributed by atoms with Gasteiger partial charge in [0.05, 0.1) is 18.3 Å². The summed E-state index contributed by atoms with van der Waals surface area (Å²) in [6.07, 6.45) is 0.155. The van der Waals surface area contributed by atoms with Gasteiger partial charge >= 0.3 is 5.97 Å². The minimum absolute atomic E-state index is 0.155. The predicted molar refractivity (Wildman–Crippen MR) is 69.8 cm³/mol. The molecule has 0 atom stereocenters. The minimum atomic E-state index is -0.900. The number of hydrogen-bond donors (Lipinski definition) is 1. The van der Waals surface area contributed by atoms with Crippen LogP contribution in [-0.2, 0) is 18.4 Å². The number of aromatic nitrogens is 1. The molecule has 0 bridgehead atoms. The van der Waals surface area contributed by atoms with Crippen LogP contribution in [0.4, 0.5) is 0 Å². The molecule has 0 radical (unpaired) electrons. The first-order valence-corrected chi connectivity index (χ1v) is 5.93. The molecule has 0 aliphatic rings. The number of carboxylic acids is 1. The summed E-state index contributed by atoms with van der Waals surface area (Å²) >= 11 is 0. The Bertz CT molecular complexity index is 584. The second kappa shape index (κ2) is 4.82. The maximum Gasteiger partial charge on any atom is 0.336 e. The number of benzene rings is 1. The third-order valence-corrected chi connectivity index (χ3v) is 2.98. The molecule has 0 saturated heterocycles. The maximum absolute atomic E-state index is 11.2. The van der Waals surface area contributed by atoms with Crippen LogP contribution in [0.2, 0.25) is 0 Å². The number of carbonyl (C=O) groups is 1.